The zero-order valence-electron chi connectivity index (χ0n) is 15.1. The minimum Gasteiger partial charge on any atom is -0.355 e. The smallest absolute Gasteiger partial charge is 0.233 e. The number of aromatic nitrogens is 3. The Hall–Kier alpha value is -2.02. The molecular weight excluding hydrogens is 346 g/mol. The van der Waals surface area contributed by atoms with Gasteiger partial charge in [-0.25, -0.2) is 0 Å². The van der Waals surface area contributed by atoms with Gasteiger partial charge in [0.05, 0.1) is 10.9 Å². The third-order valence-corrected chi connectivity index (χ3v) is 6.24. The van der Waals surface area contributed by atoms with Gasteiger partial charge in [0, 0.05) is 19.6 Å². The number of hydrogen-bond donors (Lipinski definition) is 1. The van der Waals surface area contributed by atoms with E-state index in [1.807, 2.05) is 0 Å². The summed E-state index contributed by atoms with van der Waals surface area (Å²) in [6.07, 6.45) is 5.37. The molecule has 1 aromatic heterocycles. The maximum absolute atomic E-state index is 12.4. The standard InChI is InChI=1S/C19H25N5OS/c1-14-7-9-15(10-8-14)24-18(23-12-4-5-13-23)21-22-19(24)26-16-6-2-3-11-20-17(16)25/h7-10,16H,2-6,11-13H2,1H3,(H,20,25)/t16-/m0/s1. The molecule has 2 aliphatic rings. The molecule has 1 N–H and O–H groups in total. The van der Waals surface area contributed by atoms with Crippen LogP contribution in [0.25, 0.3) is 5.69 Å². The van der Waals surface area contributed by atoms with Gasteiger partial charge in [-0.1, -0.05) is 35.9 Å². The SMILES string of the molecule is Cc1ccc(-n2c(S[C@H]3CCCCNC3=O)nnc2N2CCCC2)cc1. The topological polar surface area (TPSA) is 63.1 Å². The molecule has 0 spiro atoms. The van der Waals surface area contributed by atoms with E-state index in [9.17, 15) is 4.79 Å². The van der Waals surface area contributed by atoms with Gasteiger partial charge in [0.25, 0.3) is 0 Å². The molecule has 26 heavy (non-hydrogen) atoms. The minimum atomic E-state index is -0.0997. The molecule has 1 amide bonds. The summed E-state index contributed by atoms with van der Waals surface area (Å²) in [7, 11) is 0. The van der Waals surface area contributed by atoms with Crippen LogP contribution in [0.5, 0.6) is 0 Å². The van der Waals surface area contributed by atoms with Crippen LogP contribution in [-0.4, -0.2) is 45.6 Å². The van der Waals surface area contributed by atoms with Gasteiger partial charge in [-0.05, 0) is 44.7 Å². The highest BCUT2D eigenvalue weighted by Gasteiger charge is 2.27. The Morgan fingerprint density at radius 3 is 2.62 bits per heavy atom. The molecule has 138 valence electrons. The molecule has 2 aliphatic heterocycles. The summed E-state index contributed by atoms with van der Waals surface area (Å²) in [5, 5.41) is 12.7. The summed E-state index contributed by atoms with van der Waals surface area (Å²) in [5.41, 5.74) is 2.28. The summed E-state index contributed by atoms with van der Waals surface area (Å²) < 4.78 is 2.12. The summed E-state index contributed by atoms with van der Waals surface area (Å²) in [5.74, 6) is 1.01. The Balaban J connectivity index is 1.69. The quantitative estimate of drug-likeness (QED) is 0.895. The third-order valence-electron chi connectivity index (χ3n) is 5.03. The Labute approximate surface area is 158 Å². The summed E-state index contributed by atoms with van der Waals surface area (Å²) in [6.45, 7) is 4.89. The first-order valence-corrected chi connectivity index (χ1v) is 10.3. The van der Waals surface area contributed by atoms with E-state index < -0.39 is 0 Å². The molecule has 6 nitrogen and oxygen atoms in total. The first-order chi connectivity index (χ1) is 12.7. The number of thioether (sulfide) groups is 1. The lowest BCUT2D eigenvalue weighted by Crippen LogP contribution is -2.31. The molecule has 3 heterocycles. The Kier molecular flexibility index (Phi) is 5.15. The molecule has 0 radical (unpaired) electrons. The van der Waals surface area contributed by atoms with Crippen LogP contribution in [-0.2, 0) is 4.79 Å². The van der Waals surface area contributed by atoms with Gasteiger partial charge >= 0.3 is 0 Å². The number of anilines is 1. The largest absolute Gasteiger partial charge is 0.355 e. The van der Waals surface area contributed by atoms with E-state index in [-0.39, 0.29) is 11.2 Å². The van der Waals surface area contributed by atoms with Crippen molar-refractivity contribution in [3.63, 3.8) is 0 Å². The molecule has 1 atom stereocenters. The van der Waals surface area contributed by atoms with Crippen molar-refractivity contribution >= 4 is 23.6 Å². The van der Waals surface area contributed by atoms with E-state index in [1.165, 1.54) is 18.4 Å². The van der Waals surface area contributed by atoms with Gasteiger partial charge in [-0.3, -0.25) is 9.36 Å². The summed E-state index contributed by atoms with van der Waals surface area (Å²) >= 11 is 1.54. The van der Waals surface area contributed by atoms with E-state index in [2.05, 4.69) is 56.2 Å². The predicted molar refractivity (Wildman–Crippen MR) is 104 cm³/mol. The predicted octanol–water partition coefficient (Wildman–Crippen LogP) is 2.94. The molecule has 0 unspecified atom stereocenters. The number of benzene rings is 1. The molecular formula is C19H25N5OS. The fourth-order valence-corrected chi connectivity index (χ4v) is 4.64. The third kappa shape index (κ3) is 3.58. The summed E-state index contributed by atoms with van der Waals surface area (Å²) in [6, 6.07) is 8.43. The highest BCUT2D eigenvalue weighted by Crippen LogP contribution is 2.32. The highest BCUT2D eigenvalue weighted by molar-refractivity contribution is 8.00. The van der Waals surface area contributed by atoms with Gasteiger partial charge in [-0.15, -0.1) is 10.2 Å². The molecule has 2 saturated heterocycles. The molecule has 0 aliphatic carbocycles. The summed E-state index contributed by atoms with van der Waals surface area (Å²) in [4.78, 5) is 14.7. The van der Waals surface area contributed by atoms with Gasteiger partial charge in [0.2, 0.25) is 11.9 Å². The van der Waals surface area contributed by atoms with Crippen LogP contribution in [0.4, 0.5) is 5.95 Å². The zero-order chi connectivity index (χ0) is 17.9. The molecule has 1 aromatic carbocycles. The Morgan fingerprint density at radius 1 is 1.08 bits per heavy atom. The average molecular weight is 372 g/mol. The van der Waals surface area contributed by atoms with Crippen molar-refractivity contribution < 1.29 is 4.79 Å². The van der Waals surface area contributed by atoms with Crippen LogP contribution in [0.15, 0.2) is 29.4 Å². The van der Waals surface area contributed by atoms with Crippen molar-refractivity contribution in [2.24, 2.45) is 0 Å². The molecule has 7 heteroatoms. The molecule has 2 aromatic rings. The number of aryl methyl sites for hydroxylation is 1. The van der Waals surface area contributed by atoms with Crippen LogP contribution in [0, 0.1) is 6.92 Å². The van der Waals surface area contributed by atoms with Crippen LogP contribution in [0.1, 0.15) is 37.7 Å². The lowest BCUT2D eigenvalue weighted by atomic mass is 10.2. The van der Waals surface area contributed by atoms with Gasteiger partial charge in [-0.2, -0.15) is 0 Å². The first kappa shape index (κ1) is 17.4. The Bertz CT molecular complexity index is 767. The van der Waals surface area contributed by atoms with Crippen molar-refractivity contribution in [2.75, 3.05) is 24.5 Å². The normalized spacial score (nSPS) is 20.9. The number of rotatable bonds is 4. The molecule has 0 saturated carbocycles. The maximum Gasteiger partial charge on any atom is 0.233 e. The second kappa shape index (κ2) is 7.70. The number of hydrogen-bond acceptors (Lipinski definition) is 5. The number of nitrogens with one attached hydrogen (secondary N) is 1. The van der Waals surface area contributed by atoms with E-state index in [1.54, 1.807) is 11.8 Å². The average Bonchev–Trinajstić information content (AvgIpc) is 3.26. The number of carbonyl (C=O) groups is 1. The molecule has 0 bridgehead atoms. The van der Waals surface area contributed by atoms with Gasteiger partial charge < -0.3 is 10.2 Å². The van der Waals surface area contributed by atoms with Crippen molar-refractivity contribution in [1.82, 2.24) is 20.1 Å². The first-order valence-electron chi connectivity index (χ1n) is 9.44. The van der Waals surface area contributed by atoms with Crippen molar-refractivity contribution in [3.8, 4) is 5.69 Å². The van der Waals surface area contributed by atoms with Gasteiger partial charge in [0.15, 0.2) is 5.16 Å². The second-order valence-corrected chi connectivity index (χ2v) is 8.21. The lowest BCUT2D eigenvalue weighted by Gasteiger charge is -2.19. The molecule has 4 rings (SSSR count). The minimum absolute atomic E-state index is 0.0997. The van der Waals surface area contributed by atoms with E-state index in [0.29, 0.717) is 0 Å². The lowest BCUT2D eigenvalue weighted by molar-refractivity contribution is -0.120. The zero-order valence-corrected chi connectivity index (χ0v) is 16.0. The van der Waals surface area contributed by atoms with Crippen LogP contribution < -0.4 is 10.2 Å². The highest BCUT2D eigenvalue weighted by atomic mass is 32.2. The Morgan fingerprint density at radius 2 is 1.85 bits per heavy atom. The molecule has 2 fully saturated rings. The fraction of sp³-hybridized carbons (Fsp3) is 0.526. The van der Waals surface area contributed by atoms with Crippen molar-refractivity contribution in [2.45, 2.75) is 49.4 Å². The fourth-order valence-electron chi connectivity index (χ4n) is 3.53. The second-order valence-electron chi connectivity index (χ2n) is 7.04. The van der Waals surface area contributed by atoms with Crippen LogP contribution in [0.3, 0.4) is 0 Å². The van der Waals surface area contributed by atoms with Gasteiger partial charge in [0.1, 0.15) is 0 Å². The number of nitrogens with zero attached hydrogens (tertiary/aromatic N) is 4. The van der Waals surface area contributed by atoms with E-state index in [0.717, 1.165) is 55.7 Å². The maximum atomic E-state index is 12.4. The number of carbonyl (C=O) groups excluding carboxylic acids is 1. The monoisotopic (exact) mass is 371 g/mol. The van der Waals surface area contributed by atoms with Crippen molar-refractivity contribution in [3.05, 3.63) is 29.8 Å². The van der Waals surface area contributed by atoms with Crippen LogP contribution >= 0.6 is 11.8 Å². The number of amides is 1. The van der Waals surface area contributed by atoms with E-state index >= 15 is 0 Å². The van der Waals surface area contributed by atoms with Crippen molar-refractivity contribution in [1.29, 1.82) is 0 Å². The van der Waals surface area contributed by atoms with Crippen LogP contribution in [0.2, 0.25) is 0 Å². The van der Waals surface area contributed by atoms with E-state index in [4.69, 9.17) is 0 Å².